The molecule has 1 aromatic heterocycles. The molecule has 1 aliphatic heterocycles. The third-order valence-electron chi connectivity index (χ3n) is 4.54. The van der Waals surface area contributed by atoms with Crippen molar-refractivity contribution in [3.63, 3.8) is 0 Å². The number of hydrazone groups is 1. The van der Waals surface area contributed by atoms with Crippen molar-refractivity contribution in [1.29, 1.82) is 0 Å². The fourth-order valence-corrected chi connectivity index (χ4v) is 3.10. The number of carbonyl (C=O) groups excluding carboxylic acids is 1. The Balaban J connectivity index is 1.58. The van der Waals surface area contributed by atoms with Gasteiger partial charge < -0.3 is 4.98 Å². The van der Waals surface area contributed by atoms with Crippen LogP contribution >= 0.6 is 0 Å². The number of aryl methyl sites for hydroxylation is 2. The number of benzene rings is 2. The highest BCUT2D eigenvalue weighted by atomic mass is 16.2. The molecule has 0 aliphatic carbocycles. The number of aromatic nitrogens is 1. The number of carbonyl (C=O) groups is 1. The predicted octanol–water partition coefficient (Wildman–Crippen LogP) is 3.98. The van der Waals surface area contributed by atoms with Gasteiger partial charge >= 0.3 is 0 Å². The van der Waals surface area contributed by atoms with Crippen molar-refractivity contribution in [2.75, 3.05) is 0 Å². The SMILES string of the molecule is Cc1ccc(CCC2=NNC(=O)C2=Cc2c[nH]c3ccccc23)cc1. The molecule has 2 aromatic carbocycles. The first-order valence-corrected chi connectivity index (χ1v) is 8.41. The van der Waals surface area contributed by atoms with E-state index >= 15 is 0 Å². The summed E-state index contributed by atoms with van der Waals surface area (Å²) in [5.41, 5.74) is 8.63. The van der Waals surface area contributed by atoms with Crippen molar-refractivity contribution in [2.24, 2.45) is 5.10 Å². The minimum Gasteiger partial charge on any atom is -0.361 e. The molecule has 0 atom stereocenters. The molecule has 0 fully saturated rings. The van der Waals surface area contributed by atoms with E-state index in [0.717, 1.165) is 35.0 Å². The summed E-state index contributed by atoms with van der Waals surface area (Å²) in [5, 5.41) is 5.33. The largest absolute Gasteiger partial charge is 0.361 e. The van der Waals surface area contributed by atoms with Crippen molar-refractivity contribution >= 4 is 28.6 Å². The van der Waals surface area contributed by atoms with Crippen LogP contribution in [-0.2, 0) is 11.2 Å². The molecule has 124 valence electrons. The predicted molar refractivity (Wildman–Crippen MR) is 101 cm³/mol. The molecule has 25 heavy (non-hydrogen) atoms. The molecule has 3 aromatic rings. The summed E-state index contributed by atoms with van der Waals surface area (Å²) in [6.45, 7) is 2.08. The van der Waals surface area contributed by atoms with Crippen LogP contribution < -0.4 is 5.43 Å². The highest BCUT2D eigenvalue weighted by Crippen LogP contribution is 2.23. The van der Waals surface area contributed by atoms with Gasteiger partial charge in [0.15, 0.2) is 0 Å². The monoisotopic (exact) mass is 329 g/mol. The van der Waals surface area contributed by atoms with Crippen LogP contribution in [0.3, 0.4) is 0 Å². The maximum atomic E-state index is 12.2. The maximum Gasteiger partial charge on any atom is 0.273 e. The number of rotatable bonds is 4. The van der Waals surface area contributed by atoms with Crippen LogP contribution in [0.25, 0.3) is 17.0 Å². The van der Waals surface area contributed by atoms with Crippen molar-refractivity contribution in [3.8, 4) is 0 Å². The molecule has 1 amide bonds. The lowest BCUT2D eigenvalue weighted by atomic mass is 10.00. The van der Waals surface area contributed by atoms with Gasteiger partial charge in [0.2, 0.25) is 0 Å². The van der Waals surface area contributed by atoms with E-state index in [-0.39, 0.29) is 5.91 Å². The number of nitrogens with zero attached hydrogens (tertiary/aromatic N) is 1. The Labute approximate surface area is 146 Å². The standard InChI is InChI=1S/C21H19N3O/c1-14-6-8-15(9-7-14)10-11-20-18(21(25)24-23-20)12-16-13-22-19-5-3-2-4-17(16)19/h2-9,12-13,22H,10-11H2,1H3,(H,24,25). The Kier molecular flexibility index (Phi) is 3.94. The molecular formula is C21H19N3O. The Hall–Kier alpha value is -3.14. The normalized spacial score (nSPS) is 15.6. The number of amides is 1. The molecule has 2 heterocycles. The van der Waals surface area contributed by atoms with Crippen LogP contribution in [0.2, 0.25) is 0 Å². The van der Waals surface area contributed by atoms with Gasteiger partial charge in [-0.1, -0.05) is 48.0 Å². The summed E-state index contributed by atoms with van der Waals surface area (Å²) in [5.74, 6) is -0.135. The van der Waals surface area contributed by atoms with Crippen LogP contribution in [0.4, 0.5) is 0 Å². The van der Waals surface area contributed by atoms with E-state index in [2.05, 4.69) is 46.7 Å². The van der Waals surface area contributed by atoms with Gasteiger partial charge in [-0.15, -0.1) is 0 Å². The van der Waals surface area contributed by atoms with Crippen LogP contribution in [0.1, 0.15) is 23.1 Å². The molecule has 4 heteroatoms. The second-order valence-electron chi connectivity index (χ2n) is 6.33. The molecule has 0 saturated carbocycles. The second kappa shape index (κ2) is 6.40. The van der Waals surface area contributed by atoms with Gasteiger partial charge in [0.25, 0.3) is 5.91 Å². The fraction of sp³-hybridized carbons (Fsp3) is 0.143. The van der Waals surface area contributed by atoms with Crippen molar-refractivity contribution in [1.82, 2.24) is 10.4 Å². The molecule has 0 radical (unpaired) electrons. The Morgan fingerprint density at radius 3 is 2.68 bits per heavy atom. The summed E-state index contributed by atoms with van der Waals surface area (Å²) in [7, 11) is 0. The van der Waals surface area contributed by atoms with Gasteiger partial charge in [-0.05, 0) is 37.5 Å². The van der Waals surface area contributed by atoms with Crippen molar-refractivity contribution in [3.05, 3.63) is 77.0 Å². The van der Waals surface area contributed by atoms with E-state index in [1.165, 1.54) is 11.1 Å². The molecule has 0 unspecified atom stereocenters. The van der Waals surface area contributed by atoms with E-state index < -0.39 is 0 Å². The average Bonchev–Trinajstić information content (AvgIpc) is 3.20. The zero-order chi connectivity index (χ0) is 17.2. The topological polar surface area (TPSA) is 57.2 Å². The third-order valence-corrected chi connectivity index (χ3v) is 4.54. The number of H-pyrrole nitrogens is 1. The van der Waals surface area contributed by atoms with Gasteiger partial charge in [-0.3, -0.25) is 4.79 Å². The first kappa shape index (κ1) is 15.4. The van der Waals surface area contributed by atoms with Crippen LogP contribution in [0.15, 0.2) is 65.4 Å². The first-order chi connectivity index (χ1) is 12.2. The number of fused-ring (bicyclic) bond motifs is 1. The highest BCUT2D eigenvalue weighted by molar-refractivity contribution is 6.28. The molecule has 0 bridgehead atoms. The van der Waals surface area contributed by atoms with Crippen LogP contribution in [0.5, 0.6) is 0 Å². The first-order valence-electron chi connectivity index (χ1n) is 8.41. The van der Waals surface area contributed by atoms with Crippen molar-refractivity contribution < 1.29 is 4.79 Å². The van der Waals surface area contributed by atoms with Gasteiger partial charge in [0.05, 0.1) is 11.3 Å². The number of aromatic amines is 1. The summed E-state index contributed by atoms with van der Waals surface area (Å²) in [6.07, 6.45) is 5.45. The summed E-state index contributed by atoms with van der Waals surface area (Å²) in [6, 6.07) is 16.5. The zero-order valence-electron chi connectivity index (χ0n) is 14.0. The Morgan fingerprint density at radius 1 is 1.04 bits per heavy atom. The van der Waals surface area contributed by atoms with Gasteiger partial charge in [0.1, 0.15) is 0 Å². The summed E-state index contributed by atoms with van der Waals surface area (Å²) in [4.78, 5) is 15.4. The molecule has 4 nitrogen and oxygen atoms in total. The lowest BCUT2D eigenvalue weighted by Gasteiger charge is -2.03. The average molecular weight is 329 g/mol. The van der Waals surface area contributed by atoms with E-state index in [0.29, 0.717) is 5.57 Å². The van der Waals surface area contributed by atoms with Gasteiger partial charge in [0, 0.05) is 22.7 Å². The fourth-order valence-electron chi connectivity index (χ4n) is 3.10. The molecule has 2 N–H and O–H groups in total. The lowest BCUT2D eigenvalue weighted by molar-refractivity contribution is -0.116. The van der Waals surface area contributed by atoms with Crippen LogP contribution in [0, 0.1) is 6.92 Å². The quantitative estimate of drug-likeness (QED) is 0.699. The summed E-state index contributed by atoms with van der Waals surface area (Å²) < 4.78 is 0. The molecular weight excluding hydrogens is 310 g/mol. The minimum atomic E-state index is -0.135. The van der Waals surface area contributed by atoms with E-state index in [4.69, 9.17) is 0 Å². The second-order valence-corrected chi connectivity index (χ2v) is 6.33. The maximum absolute atomic E-state index is 12.2. The van der Waals surface area contributed by atoms with Crippen molar-refractivity contribution in [2.45, 2.75) is 19.8 Å². The lowest BCUT2D eigenvalue weighted by Crippen LogP contribution is -2.13. The zero-order valence-corrected chi connectivity index (χ0v) is 14.0. The molecule has 1 aliphatic rings. The Bertz CT molecular complexity index is 993. The molecule has 0 saturated heterocycles. The van der Waals surface area contributed by atoms with E-state index in [1.807, 2.05) is 36.5 Å². The number of hydrogen-bond acceptors (Lipinski definition) is 2. The van der Waals surface area contributed by atoms with E-state index in [1.54, 1.807) is 0 Å². The molecule has 0 spiro atoms. The summed E-state index contributed by atoms with van der Waals surface area (Å²) >= 11 is 0. The number of hydrogen-bond donors (Lipinski definition) is 2. The smallest absolute Gasteiger partial charge is 0.273 e. The number of para-hydroxylation sites is 1. The van der Waals surface area contributed by atoms with E-state index in [9.17, 15) is 4.79 Å². The third kappa shape index (κ3) is 3.11. The van der Waals surface area contributed by atoms with Crippen LogP contribution in [-0.4, -0.2) is 16.6 Å². The van der Waals surface area contributed by atoms with Gasteiger partial charge in [-0.25, -0.2) is 5.43 Å². The molecule has 4 rings (SSSR count). The minimum absolute atomic E-state index is 0.135. The Morgan fingerprint density at radius 2 is 1.84 bits per heavy atom. The van der Waals surface area contributed by atoms with Gasteiger partial charge in [-0.2, -0.15) is 5.10 Å². The highest BCUT2D eigenvalue weighted by Gasteiger charge is 2.22. The number of nitrogens with one attached hydrogen (secondary N) is 2.